The predicted octanol–water partition coefficient (Wildman–Crippen LogP) is 2.74. The Kier molecular flexibility index (Phi) is 6.74. The number of hydrogen-bond donors (Lipinski definition) is 1. The van der Waals surface area contributed by atoms with E-state index in [-0.39, 0.29) is 0 Å². The summed E-state index contributed by atoms with van der Waals surface area (Å²) < 4.78 is 12.7. The third kappa shape index (κ3) is 4.74. The maximum atomic E-state index is 5.62. The summed E-state index contributed by atoms with van der Waals surface area (Å²) in [4.78, 5) is 4.66. The molecular formula is C20H29N5O2S. The van der Waals surface area contributed by atoms with Crippen molar-refractivity contribution in [2.75, 3.05) is 45.7 Å². The molecule has 8 heteroatoms. The van der Waals surface area contributed by atoms with Crippen molar-refractivity contribution in [1.82, 2.24) is 19.6 Å². The number of rotatable bonds is 6. The molecule has 1 aromatic heterocycles. The van der Waals surface area contributed by atoms with E-state index >= 15 is 0 Å². The summed E-state index contributed by atoms with van der Waals surface area (Å²) in [5.74, 6) is 1.47. The zero-order valence-electron chi connectivity index (χ0n) is 17.1. The van der Waals surface area contributed by atoms with Crippen molar-refractivity contribution >= 4 is 23.0 Å². The van der Waals surface area contributed by atoms with Gasteiger partial charge in [0, 0.05) is 74.4 Å². The van der Waals surface area contributed by atoms with E-state index in [1.807, 2.05) is 29.1 Å². The second kappa shape index (κ2) is 9.25. The monoisotopic (exact) mass is 403 g/mol. The van der Waals surface area contributed by atoms with Gasteiger partial charge in [-0.2, -0.15) is 5.10 Å². The van der Waals surface area contributed by atoms with E-state index in [1.54, 1.807) is 14.2 Å². The maximum Gasteiger partial charge on any atom is 0.173 e. The Morgan fingerprint density at radius 3 is 2.29 bits per heavy atom. The molecule has 1 aromatic carbocycles. The average molecular weight is 404 g/mol. The SMILES string of the molecule is CCn1ncc(CN2CCN(C(=S)Nc3cc(OC)cc(OC)c3)CC2)c1C. The summed E-state index contributed by atoms with van der Waals surface area (Å²) in [6.45, 7) is 9.85. The van der Waals surface area contributed by atoms with Crippen LogP contribution in [0.1, 0.15) is 18.2 Å². The molecule has 28 heavy (non-hydrogen) atoms. The van der Waals surface area contributed by atoms with Crippen molar-refractivity contribution in [2.24, 2.45) is 0 Å². The molecule has 1 saturated heterocycles. The largest absolute Gasteiger partial charge is 0.497 e. The van der Waals surface area contributed by atoms with E-state index in [2.05, 4.69) is 34.1 Å². The van der Waals surface area contributed by atoms with Crippen LogP contribution < -0.4 is 14.8 Å². The standard InChI is InChI=1S/C20H29N5O2S/c1-5-25-15(2)16(13-21-25)14-23-6-8-24(9-7-23)20(28)22-17-10-18(26-3)12-19(11-17)27-4/h10-13H,5-9,14H2,1-4H3,(H,22,28). The van der Waals surface area contributed by atoms with Gasteiger partial charge in [-0.3, -0.25) is 9.58 Å². The fourth-order valence-corrected chi connectivity index (χ4v) is 3.69. The summed E-state index contributed by atoms with van der Waals surface area (Å²) >= 11 is 5.62. The minimum absolute atomic E-state index is 0.727. The van der Waals surface area contributed by atoms with E-state index in [9.17, 15) is 0 Å². The summed E-state index contributed by atoms with van der Waals surface area (Å²) in [5, 5.41) is 8.48. The molecule has 0 spiro atoms. The lowest BCUT2D eigenvalue weighted by molar-refractivity contribution is 0.176. The van der Waals surface area contributed by atoms with Crippen LogP contribution in [-0.2, 0) is 13.1 Å². The third-order valence-electron chi connectivity index (χ3n) is 5.16. The first-order valence-corrected chi connectivity index (χ1v) is 9.97. The first-order valence-electron chi connectivity index (χ1n) is 9.56. The number of methoxy groups -OCH3 is 2. The van der Waals surface area contributed by atoms with Crippen LogP contribution in [0.5, 0.6) is 11.5 Å². The van der Waals surface area contributed by atoms with Crippen LogP contribution in [0.4, 0.5) is 5.69 Å². The molecule has 0 radical (unpaired) electrons. The lowest BCUT2D eigenvalue weighted by atomic mass is 10.2. The number of thiocarbonyl (C=S) groups is 1. The van der Waals surface area contributed by atoms with Gasteiger partial charge < -0.3 is 19.7 Å². The molecule has 0 saturated carbocycles. The van der Waals surface area contributed by atoms with Crippen molar-refractivity contribution in [1.29, 1.82) is 0 Å². The Hall–Kier alpha value is -2.32. The predicted molar refractivity (Wildman–Crippen MR) is 115 cm³/mol. The van der Waals surface area contributed by atoms with Crippen LogP contribution in [0, 0.1) is 6.92 Å². The highest BCUT2D eigenvalue weighted by Crippen LogP contribution is 2.26. The molecule has 1 N–H and O–H groups in total. The molecule has 0 amide bonds. The van der Waals surface area contributed by atoms with Crippen LogP contribution in [0.2, 0.25) is 0 Å². The second-order valence-electron chi connectivity index (χ2n) is 6.87. The Labute approximate surface area is 172 Å². The zero-order valence-corrected chi connectivity index (χ0v) is 17.9. The lowest BCUT2D eigenvalue weighted by Crippen LogP contribution is -2.49. The number of nitrogens with zero attached hydrogens (tertiary/aromatic N) is 4. The van der Waals surface area contributed by atoms with E-state index in [0.29, 0.717) is 0 Å². The van der Waals surface area contributed by atoms with Gasteiger partial charge in [0.25, 0.3) is 0 Å². The van der Waals surface area contributed by atoms with E-state index < -0.39 is 0 Å². The quantitative estimate of drug-likeness (QED) is 0.744. The number of benzene rings is 1. The third-order valence-corrected chi connectivity index (χ3v) is 5.52. The van der Waals surface area contributed by atoms with Gasteiger partial charge in [0.15, 0.2) is 5.11 Å². The Bertz CT molecular complexity index is 793. The Morgan fingerprint density at radius 2 is 1.75 bits per heavy atom. The minimum Gasteiger partial charge on any atom is -0.497 e. The minimum atomic E-state index is 0.727. The Balaban J connectivity index is 1.54. The van der Waals surface area contributed by atoms with Gasteiger partial charge in [-0.05, 0) is 26.1 Å². The first-order chi connectivity index (χ1) is 13.5. The van der Waals surface area contributed by atoms with Crippen LogP contribution in [0.25, 0.3) is 0 Å². The summed E-state index contributed by atoms with van der Waals surface area (Å²) in [5.41, 5.74) is 3.43. The average Bonchev–Trinajstić information content (AvgIpc) is 3.07. The van der Waals surface area contributed by atoms with Crippen molar-refractivity contribution in [3.8, 4) is 11.5 Å². The highest BCUT2D eigenvalue weighted by molar-refractivity contribution is 7.80. The molecule has 7 nitrogen and oxygen atoms in total. The fraction of sp³-hybridized carbons (Fsp3) is 0.500. The number of hydrogen-bond acceptors (Lipinski definition) is 5. The van der Waals surface area contributed by atoms with Gasteiger partial charge in [0.2, 0.25) is 0 Å². The first kappa shape index (κ1) is 20.4. The molecule has 1 aliphatic rings. The molecular weight excluding hydrogens is 374 g/mol. The number of nitrogens with one attached hydrogen (secondary N) is 1. The molecule has 3 rings (SSSR count). The maximum absolute atomic E-state index is 5.62. The molecule has 152 valence electrons. The van der Waals surface area contributed by atoms with Crippen LogP contribution >= 0.6 is 12.2 Å². The number of aryl methyl sites for hydroxylation is 1. The normalized spacial score (nSPS) is 14.8. The molecule has 2 aromatic rings. The molecule has 0 aliphatic carbocycles. The smallest absolute Gasteiger partial charge is 0.173 e. The van der Waals surface area contributed by atoms with E-state index in [4.69, 9.17) is 21.7 Å². The van der Waals surface area contributed by atoms with Gasteiger partial charge in [0.05, 0.1) is 20.4 Å². The van der Waals surface area contributed by atoms with Gasteiger partial charge >= 0.3 is 0 Å². The fourth-order valence-electron chi connectivity index (χ4n) is 3.39. The van der Waals surface area contributed by atoms with Crippen molar-refractivity contribution in [2.45, 2.75) is 26.9 Å². The number of aromatic nitrogens is 2. The molecule has 1 aliphatic heterocycles. The second-order valence-corrected chi connectivity index (χ2v) is 7.25. The molecule has 0 unspecified atom stereocenters. The number of anilines is 1. The van der Waals surface area contributed by atoms with Crippen LogP contribution in [-0.4, -0.2) is 65.1 Å². The van der Waals surface area contributed by atoms with Crippen molar-refractivity contribution in [3.05, 3.63) is 35.7 Å². The van der Waals surface area contributed by atoms with Crippen LogP contribution in [0.15, 0.2) is 24.4 Å². The summed E-state index contributed by atoms with van der Waals surface area (Å²) in [7, 11) is 3.28. The zero-order chi connectivity index (χ0) is 20.1. The van der Waals surface area contributed by atoms with Gasteiger partial charge in [0.1, 0.15) is 11.5 Å². The molecule has 0 bridgehead atoms. The van der Waals surface area contributed by atoms with E-state index in [1.165, 1.54) is 11.3 Å². The van der Waals surface area contributed by atoms with E-state index in [0.717, 1.165) is 61.6 Å². The highest BCUT2D eigenvalue weighted by atomic mass is 32.1. The van der Waals surface area contributed by atoms with Gasteiger partial charge in [-0.15, -0.1) is 0 Å². The number of piperazine rings is 1. The summed E-state index contributed by atoms with van der Waals surface area (Å²) in [6, 6.07) is 5.67. The van der Waals surface area contributed by atoms with Crippen molar-refractivity contribution in [3.63, 3.8) is 0 Å². The highest BCUT2D eigenvalue weighted by Gasteiger charge is 2.20. The van der Waals surface area contributed by atoms with Crippen molar-refractivity contribution < 1.29 is 9.47 Å². The summed E-state index contributed by atoms with van der Waals surface area (Å²) in [6.07, 6.45) is 1.99. The number of ether oxygens (including phenoxy) is 2. The Morgan fingerprint density at radius 1 is 1.11 bits per heavy atom. The van der Waals surface area contributed by atoms with Gasteiger partial charge in [-0.25, -0.2) is 0 Å². The van der Waals surface area contributed by atoms with Gasteiger partial charge in [-0.1, -0.05) is 0 Å². The topological polar surface area (TPSA) is 54.8 Å². The lowest BCUT2D eigenvalue weighted by Gasteiger charge is -2.36. The molecule has 0 atom stereocenters. The van der Waals surface area contributed by atoms with Crippen LogP contribution in [0.3, 0.4) is 0 Å². The molecule has 2 heterocycles. The molecule has 1 fully saturated rings.